The minimum Gasteiger partial charge on any atom is -0.309 e. The van der Waals surface area contributed by atoms with E-state index in [1.165, 1.54) is 5.69 Å². The molecule has 0 atom stereocenters. The van der Waals surface area contributed by atoms with Crippen molar-refractivity contribution in [2.45, 2.75) is 6.92 Å². The Hall–Kier alpha value is -0.500. The fourth-order valence-electron chi connectivity index (χ4n) is 0.772. The molecule has 0 spiro atoms. The normalized spacial score (nSPS) is 9.40. The molecule has 0 fully saturated rings. The van der Waals surface area contributed by atoms with Crippen LogP contribution >= 0.6 is 16.1 Å². The Balaban J connectivity index is 2.75. The fourth-order valence-corrected chi connectivity index (χ4v) is 1.01. The second-order valence-corrected chi connectivity index (χ2v) is 2.87. The molecule has 0 aliphatic heterocycles. The number of benzene rings is 1. The van der Waals surface area contributed by atoms with E-state index in [2.05, 4.69) is 35.2 Å². The van der Waals surface area contributed by atoms with E-state index in [0.717, 1.165) is 6.54 Å². The monoisotopic (exact) mass is 199 g/mol. The Morgan fingerprint density at radius 1 is 1.30 bits per heavy atom. The second-order valence-electron chi connectivity index (χ2n) is 2.01. The van der Waals surface area contributed by atoms with E-state index in [4.69, 9.17) is 0 Å². The summed E-state index contributed by atoms with van der Waals surface area (Å²) in [6.45, 7) is 3.08. The van der Waals surface area contributed by atoms with Gasteiger partial charge in [0.15, 0.2) is 0 Å². The highest BCUT2D eigenvalue weighted by Crippen LogP contribution is 2.15. The maximum atomic E-state index is 3.42. The van der Waals surface area contributed by atoms with Crippen LogP contribution in [0.2, 0.25) is 0 Å². The summed E-state index contributed by atoms with van der Waals surface area (Å²) in [6.07, 6.45) is 0. The maximum Gasteiger partial charge on any atom is 0.0496 e. The van der Waals surface area contributed by atoms with Gasteiger partial charge in [0, 0.05) is 28.4 Å². The predicted molar refractivity (Wildman–Crippen MR) is 48.4 cm³/mol. The van der Waals surface area contributed by atoms with Gasteiger partial charge < -0.3 is 3.93 Å². The van der Waals surface area contributed by atoms with Crippen LogP contribution in [-0.2, 0) is 0 Å². The molecule has 0 amide bonds. The third kappa shape index (κ3) is 1.74. The third-order valence-corrected chi connectivity index (χ3v) is 2.23. The van der Waals surface area contributed by atoms with Gasteiger partial charge in [0.1, 0.15) is 0 Å². The van der Waals surface area contributed by atoms with Crippen LogP contribution in [0, 0.1) is 0 Å². The molecular weight excluding hydrogens is 190 g/mol. The SMILES string of the molecule is CCN(Br)c1ccccc1. The standard InChI is InChI=1S/C8H10BrN/c1-2-10(9)8-6-4-3-5-7-8/h3-7H,2H2,1H3. The van der Waals surface area contributed by atoms with Crippen molar-refractivity contribution in [3.05, 3.63) is 30.3 Å². The van der Waals surface area contributed by atoms with Crippen molar-refractivity contribution in [2.24, 2.45) is 0 Å². The van der Waals surface area contributed by atoms with Crippen LogP contribution < -0.4 is 3.93 Å². The number of rotatable bonds is 2. The molecule has 0 heterocycles. The van der Waals surface area contributed by atoms with E-state index in [0.29, 0.717) is 0 Å². The third-order valence-electron chi connectivity index (χ3n) is 1.31. The molecule has 0 aromatic heterocycles. The highest BCUT2D eigenvalue weighted by molar-refractivity contribution is 9.10. The van der Waals surface area contributed by atoms with Crippen molar-refractivity contribution in [3.8, 4) is 0 Å². The van der Waals surface area contributed by atoms with Gasteiger partial charge in [-0.3, -0.25) is 0 Å². The van der Waals surface area contributed by atoms with Gasteiger partial charge in [0.2, 0.25) is 0 Å². The van der Waals surface area contributed by atoms with E-state index in [-0.39, 0.29) is 0 Å². The lowest BCUT2D eigenvalue weighted by Crippen LogP contribution is -2.06. The molecule has 0 radical (unpaired) electrons. The van der Waals surface area contributed by atoms with Crippen molar-refractivity contribution in [1.82, 2.24) is 0 Å². The van der Waals surface area contributed by atoms with Crippen LogP contribution in [0.15, 0.2) is 30.3 Å². The molecular formula is C8H10BrN. The first-order chi connectivity index (χ1) is 4.84. The maximum absolute atomic E-state index is 3.42. The van der Waals surface area contributed by atoms with Gasteiger partial charge >= 0.3 is 0 Å². The molecule has 0 unspecified atom stereocenters. The van der Waals surface area contributed by atoms with Crippen LogP contribution in [0.3, 0.4) is 0 Å². The Morgan fingerprint density at radius 2 is 1.90 bits per heavy atom. The van der Waals surface area contributed by atoms with Gasteiger partial charge in [0.05, 0.1) is 0 Å². The summed E-state index contributed by atoms with van der Waals surface area (Å²) in [6, 6.07) is 10.2. The highest BCUT2D eigenvalue weighted by Gasteiger charge is 1.94. The van der Waals surface area contributed by atoms with Crippen molar-refractivity contribution >= 4 is 21.8 Å². The van der Waals surface area contributed by atoms with Crippen molar-refractivity contribution in [2.75, 3.05) is 10.5 Å². The molecule has 54 valence electrons. The number of anilines is 1. The number of hydrogen-bond donors (Lipinski definition) is 0. The smallest absolute Gasteiger partial charge is 0.0496 e. The van der Waals surface area contributed by atoms with E-state index in [1.807, 2.05) is 22.1 Å². The van der Waals surface area contributed by atoms with Crippen molar-refractivity contribution < 1.29 is 0 Å². The number of halogens is 1. The molecule has 0 aliphatic rings. The first kappa shape index (κ1) is 7.61. The molecule has 0 aliphatic carbocycles. The molecule has 0 saturated heterocycles. The summed E-state index contributed by atoms with van der Waals surface area (Å²) in [5, 5.41) is 0. The highest BCUT2D eigenvalue weighted by atomic mass is 79.9. The molecule has 0 bridgehead atoms. The number of para-hydroxylation sites is 1. The van der Waals surface area contributed by atoms with Crippen LogP contribution in [0.25, 0.3) is 0 Å². The van der Waals surface area contributed by atoms with Gasteiger partial charge in [-0.25, -0.2) is 0 Å². The largest absolute Gasteiger partial charge is 0.309 e. The summed E-state index contributed by atoms with van der Waals surface area (Å²) < 4.78 is 2.02. The average Bonchev–Trinajstić information content (AvgIpc) is 2.05. The predicted octanol–water partition coefficient (Wildman–Crippen LogP) is 2.82. The summed E-state index contributed by atoms with van der Waals surface area (Å²) >= 11 is 3.42. The van der Waals surface area contributed by atoms with Gasteiger partial charge in [0.25, 0.3) is 0 Å². The molecule has 10 heavy (non-hydrogen) atoms. The molecule has 1 aromatic rings. The summed E-state index contributed by atoms with van der Waals surface area (Å²) in [5.41, 5.74) is 1.20. The summed E-state index contributed by atoms with van der Waals surface area (Å²) in [5.74, 6) is 0. The zero-order valence-electron chi connectivity index (χ0n) is 5.92. The van der Waals surface area contributed by atoms with Crippen molar-refractivity contribution in [3.63, 3.8) is 0 Å². The quantitative estimate of drug-likeness (QED) is 0.663. The van der Waals surface area contributed by atoms with E-state index in [1.54, 1.807) is 0 Å². The topological polar surface area (TPSA) is 3.24 Å². The summed E-state index contributed by atoms with van der Waals surface area (Å²) in [7, 11) is 0. The Kier molecular flexibility index (Phi) is 2.75. The van der Waals surface area contributed by atoms with E-state index >= 15 is 0 Å². The molecule has 1 nitrogen and oxygen atoms in total. The Bertz CT molecular complexity index is 186. The van der Waals surface area contributed by atoms with Crippen LogP contribution in [0.4, 0.5) is 5.69 Å². The fraction of sp³-hybridized carbons (Fsp3) is 0.250. The van der Waals surface area contributed by atoms with Gasteiger partial charge in [-0.15, -0.1) is 0 Å². The average molecular weight is 200 g/mol. The van der Waals surface area contributed by atoms with Gasteiger partial charge in [-0.05, 0) is 19.1 Å². The molecule has 1 aromatic carbocycles. The first-order valence-corrected chi connectivity index (χ1v) is 4.04. The van der Waals surface area contributed by atoms with Crippen molar-refractivity contribution in [1.29, 1.82) is 0 Å². The number of nitrogens with zero attached hydrogens (tertiary/aromatic N) is 1. The minimum absolute atomic E-state index is 0.976. The molecule has 1 rings (SSSR count). The lowest BCUT2D eigenvalue weighted by atomic mass is 10.3. The zero-order valence-corrected chi connectivity index (χ0v) is 7.51. The van der Waals surface area contributed by atoms with Gasteiger partial charge in [-0.1, -0.05) is 18.2 Å². The lowest BCUT2D eigenvalue weighted by Gasteiger charge is -2.12. The van der Waals surface area contributed by atoms with Gasteiger partial charge in [-0.2, -0.15) is 0 Å². The first-order valence-electron chi connectivity index (χ1n) is 3.33. The molecule has 2 heteroatoms. The second kappa shape index (κ2) is 3.62. The Labute approximate surface area is 70.0 Å². The lowest BCUT2D eigenvalue weighted by molar-refractivity contribution is 1.13. The van der Waals surface area contributed by atoms with Crippen LogP contribution in [-0.4, -0.2) is 6.54 Å². The number of hydrogen-bond acceptors (Lipinski definition) is 1. The molecule has 0 N–H and O–H groups in total. The van der Waals surface area contributed by atoms with Crippen LogP contribution in [0.5, 0.6) is 0 Å². The summed E-state index contributed by atoms with van der Waals surface area (Å²) in [4.78, 5) is 0. The van der Waals surface area contributed by atoms with E-state index in [9.17, 15) is 0 Å². The molecule has 0 saturated carbocycles. The minimum atomic E-state index is 0.976. The van der Waals surface area contributed by atoms with Crippen LogP contribution in [0.1, 0.15) is 6.92 Å². The Morgan fingerprint density at radius 3 is 2.40 bits per heavy atom. The van der Waals surface area contributed by atoms with E-state index < -0.39 is 0 Å². The zero-order chi connectivity index (χ0) is 7.40.